The molecule has 2 heterocycles. The smallest absolute Gasteiger partial charge is 0.239 e. The van der Waals surface area contributed by atoms with Gasteiger partial charge in [-0.2, -0.15) is 0 Å². The Balaban J connectivity index is 1.54. The lowest BCUT2D eigenvalue weighted by Crippen LogP contribution is -2.34. The number of benzene rings is 1. The van der Waals surface area contributed by atoms with Crippen LogP contribution in [-0.4, -0.2) is 42.1 Å². The van der Waals surface area contributed by atoms with E-state index in [1.165, 1.54) is 11.3 Å². The maximum atomic E-state index is 12.1. The number of rotatable bonds is 6. The molecule has 3 rings (SSSR count). The molecule has 0 saturated carbocycles. The van der Waals surface area contributed by atoms with Gasteiger partial charge in [0.05, 0.1) is 6.54 Å². The van der Waals surface area contributed by atoms with Crippen LogP contribution in [0.2, 0.25) is 5.02 Å². The highest BCUT2D eigenvalue weighted by molar-refractivity contribution is 7.19. The number of nitrogens with zero attached hydrogens (tertiary/aromatic N) is 4. The highest BCUT2D eigenvalue weighted by Gasteiger charge is 2.25. The fourth-order valence-electron chi connectivity index (χ4n) is 2.50. The first kappa shape index (κ1) is 17.6. The fraction of sp³-hybridized carbons (Fsp3) is 0.375. The van der Waals surface area contributed by atoms with Crippen LogP contribution in [0.15, 0.2) is 24.3 Å². The number of aromatic nitrogens is 2. The molecule has 0 bridgehead atoms. The van der Waals surface area contributed by atoms with E-state index >= 15 is 0 Å². The molecule has 0 spiro atoms. The second kappa shape index (κ2) is 7.79. The molecule has 1 saturated heterocycles. The predicted octanol–water partition coefficient (Wildman–Crippen LogP) is 2.07. The Kier molecular flexibility index (Phi) is 5.50. The quantitative estimate of drug-likeness (QED) is 0.831. The lowest BCUT2D eigenvalue weighted by molar-refractivity contribution is -0.120. The van der Waals surface area contributed by atoms with E-state index in [0.29, 0.717) is 34.8 Å². The number of carbonyl (C=O) groups excluding carboxylic acids is 2. The van der Waals surface area contributed by atoms with Crippen molar-refractivity contribution >= 4 is 45.0 Å². The number of hydrogen-bond acceptors (Lipinski definition) is 6. The Labute approximate surface area is 154 Å². The van der Waals surface area contributed by atoms with Gasteiger partial charge >= 0.3 is 0 Å². The maximum Gasteiger partial charge on any atom is 0.239 e. The molecule has 25 heavy (non-hydrogen) atoms. The number of likely N-dealkylation sites (N-methyl/N-ethyl adjacent to an activating group) is 1. The molecular formula is C16H18ClN5O2S. The van der Waals surface area contributed by atoms with Crippen molar-refractivity contribution < 1.29 is 9.59 Å². The van der Waals surface area contributed by atoms with Crippen molar-refractivity contribution in [3.8, 4) is 0 Å². The summed E-state index contributed by atoms with van der Waals surface area (Å²) in [4.78, 5) is 27.2. The van der Waals surface area contributed by atoms with Crippen LogP contribution in [0.5, 0.6) is 0 Å². The average molecular weight is 380 g/mol. The summed E-state index contributed by atoms with van der Waals surface area (Å²) in [5.41, 5.74) is 0.867. The largest absolute Gasteiger partial charge is 0.350 e. The van der Waals surface area contributed by atoms with Gasteiger partial charge < -0.3 is 10.2 Å². The second-order valence-corrected chi connectivity index (χ2v) is 7.08. The van der Waals surface area contributed by atoms with Gasteiger partial charge in [0.25, 0.3) is 0 Å². The van der Waals surface area contributed by atoms with Crippen LogP contribution in [0.25, 0.3) is 0 Å². The molecule has 2 amide bonds. The van der Waals surface area contributed by atoms with Crippen LogP contribution in [0, 0.1) is 0 Å². The molecule has 1 aromatic carbocycles. The Morgan fingerprint density at radius 3 is 2.92 bits per heavy atom. The molecule has 1 N–H and O–H groups in total. The number of nitrogens with one attached hydrogen (secondary N) is 1. The van der Waals surface area contributed by atoms with Crippen LogP contribution in [-0.2, 0) is 16.1 Å². The summed E-state index contributed by atoms with van der Waals surface area (Å²) in [6.07, 6.45) is 1.39. The molecule has 9 heteroatoms. The number of amides is 2. The van der Waals surface area contributed by atoms with Crippen LogP contribution in [0.3, 0.4) is 0 Å². The number of hydrogen-bond donors (Lipinski definition) is 1. The van der Waals surface area contributed by atoms with Gasteiger partial charge in [0.1, 0.15) is 0 Å². The number of anilines is 2. The molecule has 132 valence electrons. The van der Waals surface area contributed by atoms with E-state index in [4.69, 9.17) is 11.6 Å². The number of carbonyl (C=O) groups is 2. The molecule has 0 atom stereocenters. The summed E-state index contributed by atoms with van der Waals surface area (Å²) in [5, 5.41) is 12.8. The molecule has 7 nitrogen and oxygen atoms in total. The summed E-state index contributed by atoms with van der Waals surface area (Å²) in [7, 11) is 1.77. The topological polar surface area (TPSA) is 78.4 Å². The molecule has 0 unspecified atom stereocenters. The number of halogens is 1. The third-order valence-corrected chi connectivity index (χ3v) is 5.28. The Morgan fingerprint density at radius 1 is 1.40 bits per heavy atom. The van der Waals surface area contributed by atoms with Crippen LogP contribution < -0.4 is 15.1 Å². The van der Waals surface area contributed by atoms with Gasteiger partial charge in [-0.3, -0.25) is 14.5 Å². The summed E-state index contributed by atoms with van der Waals surface area (Å²) >= 11 is 7.38. The summed E-state index contributed by atoms with van der Waals surface area (Å²) < 4.78 is 0. The molecule has 1 aliphatic rings. The van der Waals surface area contributed by atoms with Crippen molar-refractivity contribution in [2.75, 3.05) is 29.9 Å². The third-order valence-electron chi connectivity index (χ3n) is 3.85. The van der Waals surface area contributed by atoms with Gasteiger partial charge in [-0.15, -0.1) is 10.2 Å². The minimum absolute atomic E-state index is 0.0721. The van der Waals surface area contributed by atoms with Crippen molar-refractivity contribution in [2.24, 2.45) is 0 Å². The van der Waals surface area contributed by atoms with Gasteiger partial charge in [0, 0.05) is 31.6 Å². The van der Waals surface area contributed by atoms with Gasteiger partial charge in [0.15, 0.2) is 0 Å². The van der Waals surface area contributed by atoms with Crippen molar-refractivity contribution in [1.82, 2.24) is 15.5 Å². The van der Waals surface area contributed by atoms with Crippen LogP contribution in [0.4, 0.5) is 10.3 Å². The van der Waals surface area contributed by atoms with E-state index in [9.17, 15) is 9.59 Å². The van der Waals surface area contributed by atoms with Crippen molar-refractivity contribution in [3.05, 3.63) is 34.9 Å². The minimum atomic E-state index is -0.142. The first-order chi connectivity index (χ1) is 12.0. The highest BCUT2D eigenvalue weighted by atomic mass is 35.5. The van der Waals surface area contributed by atoms with Crippen molar-refractivity contribution in [1.29, 1.82) is 0 Å². The maximum absolute atomic E-state index is 12.1. The summed E-state index contributed by atoms with van der Waals surface area (Å²) in [6.45, 7) is 1.19. The first-order valence-electron chi connectivity index (χ1n) is 7.89. The van der Waals surface area contributed by atoms with E-state index in [2.05, 4.69) is 15.5 Å². The second-order valence-electron chi connectivity index (χ2n) is 5.74. The molecule has 2 aromatic rings. The molecule has 1 aliphatic heterocycles. The highest BCUT2D eigenvalue weighted by Crippen LogP contribution is 2.29. The standard InChI is InChI=1S/C16H18ClN5O2S/c1-21(10-13(23)18-9-11-5-2-3-6-12(11)17)15-19-20-16(25-15)22-8-4-7-14(22)24/h2-3,5-6H,4,7-10H2,1H3,(H,18,23). The molecule has 0 radical (unpaired) electrons. The SMILES string of the molecule is CN(CC(=O)NCc1ccccc1Cl)c1nnc(N2CCCC2=O)s1. The zero-order chi connectivity index (χ0) is 17.8. The average Bonchev–Trinajstić information content (AvgIpc) is 3.22. The summed E-state index contributed by atoms with van der Waals surface area (Å²) in [6, 6.07) is 7.38. The third kappa shape index (κ3) is 4.26. The van der Waals surface area contributed by atoms with Crippen LogP contribution in [0.1, 0.15) is 18.4 Å². The van der Waals surface area contributed by atoms with Gasteiger partial charge in [-0.25, -0.2) is 0 Å². The predicted molar refractivity (Wildman–Crippen MR) is 98.1 cm³/mol. The minimum Gasteiger partial charge on any atom is -0.350 e. The zero-order valence-corrected chi connectivity index (χ0v) is 15.3. The molecule has 0 aliphatic carbocycles. The molecule has 1 fully saturated rings. The summed E-state index contributed by atoms with van der Waals surface area (Å²) in [5.74, 6) is -0.0701. The zero-order valence-electron chi connectivity index (χ0n) is 13.7. The van der Waals surface area contributed by atoms with E-state index in [0.717, 1.165) is 12.0 Å². The Hall–Kier alpha value is -2.19. The monoisotopic (exact) mass is 379 g/mol. The fourth-order valence-corrected chi connectivity index (χ4v) is 3.55. The lowest BCUT2D eigenvalue weighted by atomic mass is 10.2. The molecular weight excluding hydrogens is 362 g/mol. The van der Waals surface area contributed by atoms with Gasteiger partial charge in [-0.05, 0) is 18.1 Å². The Bertz CT molecular complexity index is 781. The Morgan fingerprint density at radius 2 is 2.20 bits per heavy atom. The van der Waals surface area contributed by atoms with E-state index < -0.39 is 0 Å². The lowest BCUT2D eigenvalue weighted by Gasteiger charge is -2.15. The normalized spacial score (nSPS) is 14.0. The van der Waals surface area contributed by atoms with E-state index in [1.54, 1.807) is 22.9 Å². The van der Waals surface area contributed by atoms with E-state index in [-0.39, 0.29) is 18.4 Å². The van der Waals surface area contributed by atoms with Crippen molar-refractivity contribution in [2.45, 2.75) is 19.4 Å². The molecule has 1 aromatic heterocycles. The first-order valence-corrected chi connectivity index (χ1v) is 9.09. The van der Waals surface area contributed by atoms with Crippen molar-refractivity contribution in [3.63, 3.8) is 0 Å². The van der Waals surface area contributed by atoms with E-state index in [1.807, 2.05) is 18.2 Å². The van der Waals surface area contributed by atoms with Gasteiger partial charge in [-0.1, -0.05) is 41.1 Å². The van der Waals surface area contributed by atoms with Crippen LogP contribution >= 0.6 is 22.9 Å². The van der Waals surface area contributed by atoms with Gasteiger partial charge in [0.2, 0.25) is 22.1 Å².